The van der Waals surface area contributed by atoms with Crippen LogP contribution >= 0.6 is 0 Å². The predicted octanol–water partition coefficient (Wildman–Crippen LogP) is 0.966. The zero-order valence-electron chi connectivity index (χ0n) is 6.03. The SMILES string of the molecule is CNc1ccc(S(=O)[O-])cc1. The minimum atomic E-state index is -2.12. The van der Waals surface area contributed by atoms with Gasteiger partial charge in [-0.1, -0.05) is 0 Å². The first-order chi connectivity index (χ1) is 5.24. The van der Waals surface area contributed by atoms with Crippen LogP contribution in [0.4, 0.5) is 5.69 Å². The molecule has 0 heterocycles. The van der Waals surface area contributed by atoms with Crippen LogP contribution in [0.15, 0.2) is 29.2 Å². The lowest BCUT2D eigenvalue weighted by Crippen LogP contribution is -1.90. The topological polar surface area (TPSA) is 52.2 Å². The van der Waals surface area contributed by atoms with E-state index >= 15 is 0 Å². The van der Waals surface area contributed by atoms with Gasteiger partial charge in [0.25, 0.3) is 0 Å². The average molecular weight is 170 g/mol. The second-order valence-corrected chi connectivity index (χ2v) is 2.95. The molecule has 0 aliphatic rings. The highest BCUT2D eigenvalue weighted by Crippen LogP contribution is 2.10. The molecule has 1 atom stereocenters. The molecule has 0 radical (unpaired) electrons. The summed E-state index contributed by atoms with van der Waals surface area (Å²) in [4.78, 5) is 0.309. The molecule has 1 aromatic carbocycles. The van der Waals surface area contributed by atoms with Crippen molar-refractivity contribution in [1.82, 2.24) is 0 Å². The lowest BCUT2D eigenvalue weighted by molar-refractivity contribution is 0.537. The second-order valence-electron chi connectivity index (χ2n) is 2.01. The first kappa shape index (κ1) is 8.23. The van der Waals surface area contributed by atoms with Crippen molar-refractivity contribution in [2.45, 2.75) is 4.90 Å². The Kier molecular flexibility index (Phi) is 2.62. The van der Waals surface area contributed by atoms with E-state index in [4.69, 9.17) is 0 Å². The molecule has 0 aliphatic heterocycles. The van der Waals surface area contributed by atoms with Crippen LogP contribution in [0.2, 0.25) is 0 Å². The van der Waals surface area contributed by atoms with Crippen molar-refractivity contribution in [3.8, 4) is 0 Å². The van der Waals surface area contributed by atoms with Gasteiger partial charge in [-0.2, -0.15) is 0 Å². The highest BCUT2D eigenvalue weighted by atomic mass is 32.2. The van der Waals surface area contributed by atoms with Crippen molar-refractivity contribution >= 4 is 16.8 Å². The summed E-state index contributed by atoms with van der Waals surface area (Å²) in [6.07, 6.45) is 0. The number of anilines is 1. The Morgan fingerprint density at radius 1 is 1.36 bits per heavy atom. The zero-order chi connectivity index (χ0) is 8.27. The van der Waals surface area contributed by atoms with Crippen LogP contribution in [0.1, 0.15) is 0 Å². The van der Waals surface area contributed by atoms with Crippen molar-refractivity contribution in [1.29, 1.82) is 0 Å². The van der Waals surface area contributed by atoms with Crippen molar-refractivity contribution in [2.75, 3.05) is 12.4 Å². The van der Waals surface area contributed by atoms with Crippen molar-refractivity contribution in [3.05, 3.63) is 24.3 Å². The monoisotopic (exact) mass is 170 g/mol. The van der Waals surface area contributed by atoms with Crippen molar-refractivity contribution in [2.24, 2.45) is 0 Å². The van der Waals surface area contributed by atoms with Crippen LogP contribution in [-0.4, -0.2) is 15.8 Å². The Hall–Kier alpha value is -0.870. The summed E-state index contributed by atoms with van der Waals surface area (Å²) in [6.45, 7) is 0. The number of benzene rings is 1. The maximum Gasteiger partial charge on any atom is 0.0338 e. The summed E-state index contributed by atoms with van der Waals surface area (Å²) in [6, 6.07) is 6.53. The summed E-state index contributed by atoms with van der Waals surface area (Å²) in [5.41, 5.74) is 0.902. The Morgan fingerprint density at radius 2 is 1.91 bits per heavy atom. The fraction of sp³-hybridized carbons (Fsp3) is 0.143. The third-order valence-electron chi connectivity index (χ3n) is 1.34. The molecule has 0 spiro atoms. The molecular formula is C7H8NO2S-. The van der Waals surface area contributed by atoms with E-state index in [9.17, 15) is 8.76 Å². The molecule has 4 heteroatoms. The first-order valence-electron chi connectivity index (χ1n) is 3.11. The maximum atomic E-state index is 10.4. The number of nitrogens with one attached hydrogen (secondary N) is 1. The van der Waals surface area contributed by atoms with Gasteiger partial charge in [-0.25, -0.2) is 0 Å². The van der Waals surface area contributed by atoms with E-state index in [1.165, 1.54) is 0 Å². The average Bonchev–Trinajstić information content (AvgIpc) is 2.05. The van der Waals surface area contributed by atoms with Gasteiger partial charge in [0.15, 0.2) is 0 Å². The quantitative estimate of drug-likeness (QED) is 0.673. The van der Waals surface area contributed by atoms with E-state index in [0.717, 1.165) is 5.69 Å². The molecule has 0 aliphatic carbocycles. The molecule has 0 bridgehead atoms. The Balaban J connectivity index is 2.91. The lowest BCUT2D eigenvalue weighted by atomic mass is 10.3. The van der Waals surface area contributed by atoms with Gasteiger partial charge in [-0.3, -0.25) is 4.21 Å². The van der Waals surface area contributed by atoms with E-state index in [1.807, 2.05) is 0 Å². The highest BCUT2D eigenvalue weighted by Gasteiger charge is 1.90. The fourth-order valence-electron chi connectivity index (χ4n) is 0.733. The van der Waals surface area contributed by atoms with E-state index < -0.39 is 11.1 Å². The van der Waals surface area contributed by atoms with E-state index in [-0.39, 0.29) is 0 Å². The van der Waals surface area contributed by atoms with Gasteiger partial charge < -0.3 is 9.87 Å². The Labute approximate surface area is 67.7 Å². The fourth-order valence-corrected chi connectivity index (χ4v) is 1.09. The molecule has 1 N–H and O–H groups in total. The second kappa shape index (κ2) is 3.50. The zero-order valence-corrected chi connectivity index (χ0v) is 6.85. The molecule has 0 saturated heterocycles. The summed E-state index contributed by atoms with van der Waals surface area (Å²) in [7, 11) is 1.78. The van der Waals surface area contributed by atoms with Gasteiger partial charge in [-0.15, -0.1) is 0 Å². The number of hydrogen-bond donors (Lipinski definition) is 1. The molecule has 11 heavy (non-hydrogen) atoms. The van der Waals surface area contributed by atoms with E-state index in [2.05, 4.69) is 5.32 Å². The lowest BCUT2D eigenvalue weighted by Gasteiger charge is -2.05. The van der Waals surface area contributed by atoms with Crippen molar-refractivity contribution in [3.63, 3.8) is 0 Å². The third-order valence-corrected chi connectivity index (χ3v) is 1.99. The predicted molar refractivity (Wildman–Crippen MR) is 43.2 cm³/mol. The molecular weight excluding hydrogens is 162 g/mol. The summed E-state index contributed by atoms with van der Waals surface area (Å²) < 4.78 is 20.8. The maximum absolute atomic E-state index is 10.4. The molecule has 60 valence electrons. The smallest absolute Gasteiger partial charge is 0.0338 e. The van der Waals surface area contributed by atoms with Crippen LogP contribution in [0.5, 0.6) is 0 Å². The van der Waals surface area contributed by atoms with E-state index in [0.29, 0.717) is 4.90 Å². The van der Waals surface area contributed by atoms with Gasteiger partial charge in [0.1, 0.15) is 0 Å². The Morgan fingerprint density at radius 3 is 2.27 bits per heavy atom. The van der Waals surface area contributed by atoms with Crippen LogP contribution < -0.4 is 5.32 Å². The largest absolute Gasteiger partial charge is 0.768 e. The third kappa shape index (κ3) is 2.03. The molecule has 0 amide bonds. The van der Waals surface area contributed by atoms with Crippen LogP contribution in [0.25, 0.3) is 0 Å². The van der Waals surface area contributed by atoms with Crippen molar-refractivity contribution < 1.29 is 8.76 Å². The first-order valence-corrected chi connectivity index (χ1v) is 4.18. The van der Waals surface area contributed by atoms with E-state index in [1.54, 1.807) is 31.3 Å². The standard InChI is InChI=1S/C7H9NO2S/c1-8-6-2-4-7(5-3-6)11(9)10/h2-5,8H,1H3,(H,9,10)/p-1. The minimum Gasteiger partial charge on any atom is -0.768 e. The number of hydrogen-bond acceptors (Lipinski definition) is 3. The van der Waals surface area contributed by atoms with Crippen LogP contribution in [-0.2, 0) is 11.1 Å². The van der Waals surface area contributed by atoms with Gasteiger partial charge >= 0.3 is 0 Å². The van der Waals surface area contributed by atoms with Gasteiger partial charge in [-0.05, 0) is 35.3 Å². The molecule has 0 saturated carbocycles. The van der Waals surface area contributed by atoms with Gasteiger partial charge in [0.2, 0.25) is 0 Å². The molecule has 1 aromatic rings. The molecule has 1 rings (SSSR count). The number of rotatable bonds is 2. The van der Waals surface area contributed by atoms with Crippen LogP contribution in [0.3, 0.4) is 0 Å². The molecule has 3 nitrogen and oxygen atoms in total. The minimum absolute atomic E-state index is 0.309. The molecule has 0 aromatic heterocycles. The van der Waals surface area contributed by atoms with Gasteiger partial charge in [0.05, 0.1) is 0 Å². The van der Waals surface area contributed by atoms with Gasteiger partial charge in [0, 0.05) is 17.6 Å². The van der Waals surface area contributed by atoms with Crippen LogP contribution in [0, 0.1) is 0 Å². The highest BCUT2D eigenvalue weighted by molar-refractivity contribution is 7.79. The normalized spacial score (nSPS) is 12.5. The summed E-state index contributed by atoms with van der Waals surface area (Å²) in [5, 5.41) is 2.89. The Bertz CT molecular complexity index is 258. The summed E-state index contributed by atoms with van der Waals surface area (Å²) in [5.74, 6) is 0. The molecule has 0 fully saturated rings. The molecule has 1 unspecified atom stereocenters. The summed E-state index contributed by atoms with van der Waals surface area (Å²) >= 11 is -2.12.